The predicted octanol–water partition coefficient (Wildman–Crippen LogP) is 2.77. The Morgan fingerprint density at radius 2 is 2.06 bits per heavy atom. The van der Waals surface area contributed by atoms with E-state index in [4.69, 9.17) is 4.74 Å². The van der Waals surface area contributed by atoms with Gasteiger partial charge < -0.3 is 10.1 Å². The van der Waals surface area contributed by atoms with Crippen LogP contribution in [0.5, 0.6) is 0 Å². The van der Waals surface area contributed by atoms with Crippen molar-refractivity contribution in [1.82, 2.24) is 0 Å². The second-order valence-corrected chi connectivity index (χ2v) is 4.34. The first-order valence-corrected chi connectivity index (χ1v) is 5.99. The molecule has 4 nitrogen and oxygen atoms in total. The summed E-state index contributed by atoms with van der Waals surface area (Å²) in [6.07, 6.45) is 0.755. The third kappa shape index (κ3) is 3.32. The van der Waals surface area contributed by atoms with Gasteiger partial charge in [-0.05, 0) is 25.5 Å². The Balaban J connectivity index is 3.01. The van der Waals surface area contributed by atoms with E-state index in [0.717, 1.165) is 12.0 Å². The van der Waals surface area contributed by atoms with Gasteiger partial charge in [-0.2, -0.15) is 0 Å². The van der Waals surface area contributed by atoms with Crippen LogP contribution in [-0.2, 0) is 9.53 Å². The van der Waals surface area contributed by atoms with Crippen molar-refractivity contribution in [2.75, 3.05) is 12.4 Å². The maximum atomic E-state index is 11.8. The van der Waals surface area contributed by atoms with Gasteiger partial charge in [0.25, 0.3) is 0 Å². The van der Waals surface area contributed by atoms with Crippen LogP contribution < -0.4 is 5.32 Å². The van der Waals surface area contributed by atoms with E-state index in [-0.39, 0.29) is 11.8 Å². The molecule has 1 aromatic carbocycles. The van der Waals surface area contributed by atoms with Gasteiger partial charge in [0.1, 0.15) is 0 Å². The first kappa shape index (κ1) is 14.2. The lowest BCUT2D eigenvalue weighted by molar-refractivity contribution is -0.119. The fourth-order valence-corrected chi connectivity index (χ4v) is 1.49. The van der Waals surface area contributed by atoms with Crippen molar-refractivity contribution >= 4 is 17.6 Å². The van der Waals surface area contributed by atoms with Gasteiger partial charge >= 0.3 is 5.97 Å². The minimum absolute atomic E-state index is 0.0863. The van der Waals surface area contributed by atoms with E-state index in [1.807, 2.05) is 26.8 Å². The number of rotatable bonds is 4. The van der Waals surface area contributed by atoms with Gasteiger partial charge in [0.05, 0.1) is 18.4 Å². The van der Waals surface area contributed by atoms with E-state index in [1.165, 1.54) is 7.11 Å². The number of carbonyl (C=O) groups is 2. The normalized spacial score (nSPS) is 11.8. The highest BCUT2D eigenvalue weighted by molar-refractivity contribution is 6.01. The van der Waals surface area contributed by atoms with E-state index < -0.39 is 5.97 Å². The van der Waals surface area contributed by atoms with Crippen LogP contribution in [0.1, 0.15) is 36.2 Å². The number of hydrogen-bond acceptors (Lipinski definition) is 3. The number of amides is 1. The Morgan fingerprint density at radius 1 is 1.39 bits per heavy atom. The lowest BCUT2D eigenvalue weighted by atomic mass is 10.1. The molecule has 1 atom stereocenters. The van der Waals surface area contributed by atoms with Crippen molar-refractivity contribution in [3.05, 3.63) is 29.3 Å². The molecular formula is C14H19NO3. The van der Waals surface area contributed by atoms with Crippen molar-refractivity contribution in [2.24, 2.45) is 5.92 Å². The fourth-order valence-electron chi connectivity index (χ4n) is 1.49. The second kappa shape index (κ2) is 6.19. The number of benzene rings is 1. The van der Waals surface area contributed by atoms with Crippen molar-refractivity contribution in [3.63, 3.8) is 0 Å². The molecule has 1 rings (SSSR count). The monoisotopic (exact) mass is 249 g/mol. The van der Waals surface area contributed by atoms with Gasteiger partial charge in [-0.3, -0.25) is 4.79 Å². The summed E-state index contributed by atoms with van der Waals surface area (Å²) >= 11 is 0. The molecule has 0 fully saturated rings. The van der Waals surface area contributed by atoms with Gasteiger partial charge in [0.15, 0.2) is 0 Å². The van der Waals surface area contributed by atoms with Crippen LogP contribution in [0.25, 0.3) is 0 Å². The minimum atomic E-state index is -0.446. The van der Waals surface area contributed by atoms with Crippen LogP contribution in [0.2, 0.25) is 0 Å². The zero-order valence-corrected chi connectivity index (χ0v) is 11.2. The highest BCUT2D eigenvalue weighted by Crippen LogP contribution is 2.19. The van der Waals surface area contributed by atoms with E-state index in [1.54, 1.807) is 12.1 Å². The quantitative estimate of drug-likeness (QED) is 0.835. The summed E-state index contributed by atoms with van der Waals surface area (Å²) in [4.78, 5) is 23.5. The number of carbonyl (C=O) groups excluding carboxylic acids is 2. The molecule has 0 spiro atoms. The Labute approximate surface area is 107 Å². The van der Waals surface area contributed by atoms with E-state index in [9.17, 15) is 9.59 Å². The SMILES string of the molecule is CCC(C)C(=O)Nc1ccc(C)cc1C(=O)OC. The Morgan fingerprint density at radius 3 is 2.61 bits per heavy atom. The van der Waals surface area contributed by atoms with Crippen LogP contribution in [0, 0.1) is 12.8 Å². The van der Waals surface area contributed by atoms with Crippen LogP contribution in [0.4, 0.5) is 5.69 Å². The molecule has 18 heavy (non-hydrogen) atoms. The van der Waals surface area contributed by atoms with Crippen LogP contribution in [0.3, 0.4) is 0 Å². The smallest absolute Gasteiger partial charge is 0.339 e. The van der Waals surface area contributed by atoms with Crippen molar-refractivity contribution in [3.8, 4) is 0 Å². The standard InChI is InChI=1S/C14H19NO3/c1-5-10(3)13(16)15-12-7-6-9(2)8-11(12)14(17)18-4/h6-8,10H,5H2,1-4H3,(H,15,16). The molecule has 0 radical (unpaired) electrons. The summed E-state index contributed by atoms with van der Waals surface area (Å²) in [5, 5.41) is 2.76. The molecule has 1 N–H and O–H groups in total. The van der Waals surface area contributed by atoms with Crippen LogP contribution >= 0.6 is 0 Å². The minimum Gasteiger partial charge on any atom is -0.465 e. The summed E-state index contributed by atoms with van der Waals surface area (Å²) in [6.45, 7) is 5.68. The maximum Gasteiger partial charge on any atom is 0.339 e. The molecule has 0 aliphatic heterocycles. The third-order valence-corrected chi connectivity index (χ3v) is 2.90. The first-order valence-electron chi connectivity index (χ1n) is 5.99. The molecule has 0 heterocycles. The molecule has 4 heteroatoms. The summed E-state index contributed by atoms with van der Waals surface area (Å²) in [7, 11) is 1.32. The third-order valence-electron chi connectivity index (χ3n) is 2.90. The maximum absolute atomic E-state index is 11.8. The lowest BCUT2D eigenvalue weighted by Gasteiger charge is -2.13. The first-order chi connectivity index (χ1) is 8.49. The molecule has 98 valence electrons. The highest BCUT2D eigenvalue weighted by Gasteiger charge is 2.16. The predicted molar refractivity (Wildman–Crippen MR) is 70.6 cm³/mol. The summed E-state index contributed by atoms with van der Waals surface area (Å²) in [5.74, 6) is -0.624. The van der Waals surface area contributed by atoms with Gasteiger partial charge in [-0.1, -0.05) is 25.5 Å². The highest BCUT2D eigenvalue weighted by atomic mass is 16.5. The summed E-state index contributed by atoms with van der Waals surface area (Å²) < 4.78 is 4.71. The number of nitrogens with one attached hydrogen (secondary N) is 1. The van der Waals surface area contributed by atoms with Crippen molar-refractivity contribution < 1.29 is 14.3 Å². The van der Waals surface area contributed by atoms with E-state index in [0.29, 0.717) is 11.3 Å². The summed E-state index contributed by atoms with van der Waals surface area (Å²) in [5.41, 5.74) is 1.82. The molecular weight excluding hydrogens is 230 g/mol. The second-order valence-electron chi connectivity index (χ2n) is 4.34. The van der Waals surface area contributed by atoms with E-state index >= 15 is 0 Å². The number of esters is 1. The molecule has 0 saturated carbocycles. The molecule has 0 aliphatic carbocycles. The average molecular weight is 249 g/mol. The molecule has 1 amide bonds. The van der Waals surface area contributed by atoms with Gasteiger partial charge in [0.2, 0.25) is 5.91 Å². The number of anilines is 1. The van der Waals surface area contributed by atoms with Gasteiger partial charge in [-0.25, -0.2) is 4.79 Å². The number of hydrogen-bond donors (Lipinski definition) is 1. The van der Waals surface area contributed by atoms with Gasteiger partial charge in [0, 0.05) is 5.92 Å². The Bertz CT molecular complexity index is 454. The Hall–Kier alpha value is -1.84. The zero-order valence-electron chi connectivity index (χ0n) is 11.2. The zero-order chi connectivity index (χ0) is 13.7. The molecule has 1 unspecified atom stereocenters. The van der Waals surface area contributed by atoms with E-state index in [2.05, 4.69) is 5.32 Å². The molecule has 0 bridgehead atoms. The molecule has 1 aromatic rings. The number of ether oxygens (including phenoxy) is 1. The molecule has 0 aliphatic rings. The number of aryl methyl sites for hydroxylation is 1. The molecule has 0 saturated heterocycles. The van der Waals surface area contributed by atoms with Crippen LogP contribution in [0.15, 0.2) is 18.2 Å². The van der Waals surface area contributed by atoms with Crippen molar-refractivity contribution in [2.45, 2.75) is 27.2 Å². The topological polar surface area (TPSA) is 55.4 Å². The fraction of sp³-hybridized carbons (Fsp3) is 0.429. The van der Waals surface area contributed by atoms with Crippen LogP contribution in [-0.4, -0.2) is 19.0 Å². The average Bonchev–Trinajstić information content (AvgIpc) is 2.38. The van der Waals surface area contributed by atoms with Gasteiger partial charge in [-0.15, -0.1) is 0 Å². The lowest BCUT2D eigenvalue weighted by Crippen LogP contribution is -2.21. The Kier molecular flexibility index (Phi) is 4.89. The molecule has 0 aromatic heterocycles. The van der Waals surface area contributed by atoms with Crippen molar-refractivity contribution in [1.29, 1.82) is 0 Å². The largest absolute Gasteiger partial charge is 0.465 e. The number of methoxy groups -OCH3 is 1. The summed E-state index contributed by atoms with van der Waals surface area (Å²) in [6, 6.07) is 5.28.